The second-order valence-electron chi connectivity index (χ2n) is 8.81. The van der Waals surface area contributed by atoms with Gasteiger partial charge in [-0.2, -0.15) is 0 Å². The first kappa shape index (κ1) is 22.8. The summed E-state index contributed by atoms with van der Waals surface area (Å²) in [6, 6.07) is 12.0. The highest BCUT2D eigenvalue weighted by atomic mass is 19.1. The minimum atomic E-state index is -0.289. The first-order valence-corrected chi connectivity index (χ1v) is 11.8. The van der Waals surface area contributed by atoms with Gasteiger partial charge in [-0.25, -0.2) is 14.4 Å². The van der Waals surface area contributed by atoms with Crippen molar-refractivity contribution in [2.75, 3.05) is 20.2 Å². The molecule has 180 valence electrons. The van der Waals surface area contributed by atoms with E-state index in [9.17, 15) is 9.18 Å². The average molecular weight is 474 g/mol. The van der Waals surface area contributed by atoms with Crippen LogP contribution < -0.4 is 4.74 Å². The van der Waals surface area contributed by atoms with Crippen molar-refractivity contribution in [1.29, 1.82) is 0 Å². The zero-order valence-electron chi connectivity index (χ0n) is 20.1. The van der Waals surface area contributed by atoms with Crippen molar-refractivity contribution < 1.29 is 13.9 Å². The number of carbonyl (C=O) groups is 1. The van der Waals surface area contributed by atoms with Crippen molar-refractivity contribution >= 4 is 17.9 Å². The lowest BCUT2D eigenvalue weighted by Crippen LogP contribution is -2.51. The van der Waals surface area contributed by atoms with E-state index >= 15 is 0 Å². The maximum atomic E-state index is 13.6. The number of amides is 1. The molecule has 0 bridgehead atoms. The number of nitrogens with zero attached hydrogens (tertiary/aromatic N) is 5. The Balaban J connectivity index is 1.50. The van der Waals surface area contributed by atoms with Crippen LogP contribution in [0.5, 0.6) is 5.75 Å². The molecule has 8 heteroatoms. The van der Waals surface area contributed by atoms with Crippen LogP contribution in [0.15, 0.2) is 65.7 Å². The van der Waals surface area contributed by atoms with E-state index in [2.05, 4.69) is 16.8 Å². The van der Waals surface area contributed by atoms with Gasteiger partial charge in [0.25, 0.3) is 5.91 Å². The van der Waals surface area contributed by atoms with Gasteiger partial charge < -0.3 is 14.2 Å². The standard InChI is InChI=1S/C27H28FN5O2/c1-4-12-31-13-11-23(20-6-8-21(28)9-7-20)33-26(34)22(30-27(31)33)14-19-5-10-24(25(15-19)35-3)32-16-18(2)29-17-32/h5-10,14-17,23H,4,11-13H2,1-3H3/b22-14-. The van der Waals surface area contributed by atoms with Crippen LogP contribution >= 0.6 is 0 Å². The smallest absolute Gasteiger partial charge is 0.279 e. The second kappa shape index (κ2) is 9.37. The Morgan fingerprint density at radius 2 is 2.00 bits per heavy atom. The fourth-order valence-electron chi connectivity index (χ4n) is 4.72. The number of carbonyl (C=O) groups excluding carboxylic acids is 1. The van der Waals surface area contributed by atoms with Crippen LogP contribution in [-0.4, -0.2) is 51.4 Å². The number of halogens is 1. The van der Waals surface area contributed by atoms with Crippen LogP contribution in [0.1, 0.15) is 42.6 Å². The largest absolute Gasteiger partial charge is 0.495 e. The summed E-state index contributed by atoms with van der Waals surface area (Å²) >= 11 is 0. The molecule has 35 heavy (non-hydrogen) atoms. The molecule has 7 nitrogen and oxygen atoms in total. The van der Waals surface area contributed by atoms with Gasteiger partial charge in [-0.3, -0.25) is 9.69 Å². The lowest BCUT2D eigenvalue weighted by atomic mass is 9.99. The molecule has 1 aromatic heterocycles. The molecule has 5 rings (SSSR count). The van der Waals surface area contributed by atoms with Gasteiger partial charge in [0.15, 0.2) is 0 Å². The topological polar surface area (TPSA) is 63.0 Å². The number of benzene rings is 2. The lowest BCUT2D eigenvalue weighted by molar-refractivity contribution is -0.125. The quantitative estimate of drug-likeness (QED) is 0.486. The Kier molecular flexibility index (Phi) is 6.11. The zero-order valence-corrected chi connectivity index (χ0v) is 20.1. The van der Waals surface area contributed by atoms with Gasteiger partial charge in [0.1, 0.15) is 17.3 Å². The van der Waals surface area contributed by atoms with Gasteiger partial charge in [-0.1, -0.05) is 25.1 Å². The summed E-state index contributed by atoms with van der Waals surface area (Å²) < 4.78 is 21.1. The summed E-state index contributed by atoms with van der Waals surface area (Å²) in [5.41, 5.74) is 3.88. The number of aromatic nitrogens is 2. The molecule has 1 atom stereocenters. The first-order chi connectivity index (χ1) is 17.0. The number of ether oxygens (including phenoxy) is 1. The van der Waals surface area contributed by atoms with Crippen LogP contribution in [0.4, 0.5) is 4.39 Å². The molecule has 0 saturated carbocycles. The molecule has 2 aliphatic rings. The Bertz CT molecular complexity index is 1310. The number of hydrogen-bond acceptors (Lipinski definition) is 5. The molecular formula is C27H28FN5O2. The number of imidazole rings is 1. The molecule has 0 spiro atoms. The summed E-state index contributed by atoms with van der Waals surface area (Å²) in [5, 5.41) is 0. The minimum Gasteiger partial charge on any atom is -0.495 e. The molecule has 1 unspecified atom stereocenters. The van der Waals surface area contributed by atoms with Crippen molar-refractivity contribution in [3.63, 3.8) is 0 Å². The Labute approximate surface area is 204 Å². The van der Waals surface area contributed by atoms with E-state index in [1.165, 1.54) is 12.1 Å². The third-order valence-corrected chi connectivity index (χ3v) is 6.39. The maximum Gasteiger partial charge on any atom is 0.279 e. The molecule has 3 heterocycles. The summed E-state index contributed by atoms with van der Waals surface area (Å²) in [4.78, 5) is 26.6. The van der Waals surface area contributed by atoms with E-state index in [-0.39, 0.29) is 17.8 Å². The van der Waals surface area contributed by atoms with Crippen molar-refractivity contribution in [2.45, 2.75) is 32.7 Å². The van der Waals surface area contributed by atoms with Gasteiger partial charge in [-0.15, -0.1) is 0 Å². The highest BCUT2D eigenvalue weighted by Crippen LogP contribution is 2.36. The van der Waals surface area contributed by atoms with Gasteiger partial charge in [0.2, 0.25) is 5.96 Å². The minimum absolute atomic E-state index is 0.150. The molecule has 0 radical (unpaired) electrons. The molecule has 2 aromatic carbocycles. The van der Waals surface area contributed by atoms with Crippen molar-refractivity contribution in [2.24, 2.45) is 4.99 Å². The van der Waals surface area contributed by atoms with Crippen LogP contribution in [-0.2, 0) is 4.79 Å². The molecule has 3 aromatic rings. The van der Waals surface area contributed by atoms with E-state index in [4.69, 9.17) is 9.73 Å². The van der Waals surface area contributed by atoms with E-state index < -0.39 is 0 Å². The van der Waals surface area contributed by atoms with Crippen LogP contribution in [0.25, 0.3) is 11.8 Å². The summed E-state index contributed by atoms with van der Waals surface area (Å²) in [7, 11) is 1.62. The predicted octanol–water partition coefficient (Wildman–Crippen LogP) is 4.72. The van der Waals surface area contributed by atoms with Crippen LogP contribution in [0.2, 0.25) is 0 Å². The number of rotatable bonds is 6. The molecule has 0 aliphatic carbocycles. The SMILES string of the molecule is CCCN1CCC(c2ccc(F)cc2)N2C(=O)/C(=C/c3ccc(-n4cnc(C)c4)c(OC)c3)N=C12. The van der Waals surface area contributed by atoms with Gasteiger partial charge in [0, 0.05) is 19.3 Å². The fraction of sp³-hybridized carbons (Fsp3) is 0.296. The van der Waals surface area contributed by atoms with Gasteiger partial charge in [0.05, 0.1) is 30.9 Å². The van der Waals surface area contributed by atoms with Gasteiger partial charge >= 0.3 is 0 Å². The second-order valence-corrected chi connectivity index (χ2v) is 8.81. The van der Waals surface area contributed by atoms with Crippen molar-refractivity contribution in [1.82, 2.24) is 19.4 Å². The maximum absolute atomic E-state index is 13.6. The lowest BCUT2D eigenvalue weighted by Gasteiger charge is -2.40. The average Bonchev–Trinajstić information content (AvgIpc) is 3.44. The number of aliphatic imine (C=N–C) groups is 1. The third-order valence-electron chi connectivity index (χ3n) is 6.39. The highest BCUT2D eigenvalue weighted by molar-refractivity contribution is 6.14. The molecular weight excluding hydrogens is 445 g/mol. The normalized spacial score (nSPS) is 18.7. The third kappa shape index (κ3) is 4.32. The monoisotopic (exact) mass is 473 g/mol. The highest BCUT2D eigenvalue weighted by Gasteiger charge is 2.42. The Morgan fingerprint density at radius 1 is 1.20 bits per heavy atom. The molecule has 0 N–H and O–H groups in total. The molecule has 1 fully saturated rings. The predicted molar refractivity (Wildman–Crippen MR) is 133 cm³/mol. The number of aryl methyl sites for hydroxylation is 1. The summed E-state index contributed by atoms with van der Waals surface area (Å²) in [6.45, 7) is 5.65. The number of fused-ring (bicyclic) bond motifs is 1. The van der Waals surface area contributed by atoms with E-state index in [0.717, 1.165) is 48.4 Å². The number of hydrogen-bond donors (Lipinski definition) is 0. The number of guanidine groups is 1. The van der Waals surface area contributed by atoms with Crippen LogP contribution in [0.3, 0.4) is 0 Å². The Morgan fingerprint density at radius 3 is 2.69 bits per heavy atom. The molecule has 1 saturated heterocycles. The summed E-state index contributed by atoms with van der Waals surface area (Å²) in [6.07, 6.45) is 7.18. The Hall–Kier alpha value is -3.94. The van der Waals surface area contributed by atoms with E-state index in [0.29, 0.717) is 17.4 Å². The first-order valence-electron chi connectivity index (χ1n) is 11.8. The number of methoxy groups -OCH3 is 1. The fourth-order valence-corrected chi connectivity index (χ4v) is 4.72. The van der Waals surface area contributed by atoms with Crippen LogP contribution in [0, 0.1) is 12.7 Å². The summed E-state index contributed by atoms with van der Waals surface area (Å²) in [5.74, 6) is 0.900. The molecule has 2 aliphatic heterocycles. The van der Waals surface area contributed by atoms with Gasteiger partial charge in [-0.05, 0) is 61.2 Å². The van der Waals surface area contributed by atoms with Crippen molar-refractivity contribution in [3.05, 3.63) is 83.3 Å². The van der Waals surface area contributed by atoms with Crippen molar-refractivity contribution in [3.8, 4) is 11.4 Å². The van der Waals surface area contributed by atoms with E-state index in [1.54, 1.807) is 36.5 Å². The zero-order chi connectivity index (χ0) is 24.5. The van der Waals surface area contributed by atoms with E-state index in [1.807, 2.05) is 35.9 Å². The molecule has 1 amide bonds.